The van der Waals surface area contributed by atoms with Gasteiger partial charge in [-0.25, -0.2) is 4.79 Å². The molecular weight excluding hydrogens is 402 g/mol. The van der Waals surface area contributed by atoms with Crippen molar-refractivity contribution in [2.45, 2.75) is 77.4 Å². The van der Waals surface area contributed by atoms with E-state index in [4.69, 9.17) is 4.74 Å². The molecule has 172 valence electrons. The number of hydrogen-bond donors (Lipinski definition) is 2. The first-order valence-corrected chi connectivity index (χ1v) is 11.9. The van der Waals surface area contributed by atoms with Gasteiger partial charge in [0.15, 0.2) is 0 Å². The van der Waals surface area contributed by atoms with Crippen LogP contribution in [-0.4, -0.2) is 23.0 Å². The van der Waals surface area contributed by atoms with Crippen molar-refractivity contribution in [3.8, 4) is 5.75 Å². The molecule has 3 rings (SSSR count). The van der Waals surface area contributed by atoms with Crippen molar-refractivity contribution < 1.29 is 19.4 Å². The van der Waals surface area contributed by atoms with E-state index in [0.717, 1.165) is 37.7 Å². The minimum atomic E-state index is -0.973. The van der Waals surface area contributed by atoms with Gasteiger partial charge in [-0.2, -0.15) is 0 Å². The molecule has 0 spiro atoms. The van der Waals surface area contributed by atoms with Crippen LogP contribution < -0.4 is 10.1 Å². The van der Waals surface area contributed by atoms with Gasteiger partial charge in [0.1, 0.15) is 18.4 Å². The number of carboxylic acid groups (broad SMARTS) is 1. The highest BCUT2D eigenvalue weighted by Gasteiger charge is 2.26. The molecule has 1 aliphatic rings. The molecule has 1 aliphatic carbocycles. The first-order chi connectivity index (χ1) is 15.5. The van der Waals surface area contributed by atoms with E-state index in [1.165, 1.54) is 24.8 Å². The van der Waals surface area contributed by atoms with Crippen LogP contribution in [0.5, 0.6) is 5.75 Å². The van der Waals surface area contributed by atoms with Gasteiger partial charge in [0, 0.05) is 5.56 Å². The predicted octanol–water partition coefficient (Wildman–Crippen LogP) is 5.76. The summed E-state index contributed by atoms with van der Waals surface area (Å²) in [6.07, 6.45) is 9.55. The van der Waals surface area contributed by atoms with E-state index in [-0.39, 0.29) is 5.91 Å². The third-order valence-electron chi connectivity index (χ3n) is 6.24. The molecule has 0 saturated heterocycles. The van der Waals surface area contributed by atoms with E-state index >= 15 is 0 Å². The highest BCUT2D eigenvalue weighted by Crippen LogP contribution is 2.27. The number of benzene rings is 2. The number of carboxylic acids is 1. The fourth-order valence-electron chi connectivity index (χ4n) is 4.30. The third kappa shape index (κ3) is 7.40. The monoisotopic (exact) mass is 437 g/mol. The van der Waals surface area contributed by atoms with E-state index in [0.29, 0.717) is 30.3 Å². The number of amides is 1. The van der Waals surface area contributed by atoms with Crippen molar-refractivity contribution in [3.63, 3.8) is 0 Å². The Bertz CT molecular complexity index is 871. The largest absolute Gasteiger partial charge is 0.489 e. The van der Waals surface area contributed by atoms with Gasteiger partial charge in [-0.15, -0.1) is 0 Å². The SMILES string of the molecule is CCCCc1ccc(COc2cccc(C(=O)N[C@@H](CC3CCCCC3)C(=O)O)c2)cc1. The maximum Gasteiger partial charge on any atom is 0.326 e. The number of rotatable bonds is 11. The number of unbranched alkanes of at least 4 members (excludes halogenated alkanes) is 1. The summed E-state index contributed by atoms with van der Waals surface area (Å²) in [7, 11) is 0. The molecule has 5 heteroatoms. The number of hydrogen-bond acceptors (Lipinski definition) is 3. The minimum absolute atomic E-state index is 0.369. The Kier molecular flexibility index (Phi) is 9.14. The summed E-state index contributed by atoms with van der Waals surface area (Å²) in [5.41, 5.74) is 2.81. The average molecular weight is 438 g/mol. The van der Waals surface area contributed by atoms with Crippen LogP contribution in [0.1, 0.15) is 79.8 Å². The molecule has 0 aliphatic heterocycles. The van der Waals surface area contributed by atoms with Gasteiger partial charge in [0.05, 0.1) is 0 Å². The molecular formula is C27H35NO4. The van der Waals surface area contributed by atoms with Gasteiger partial charge >= 0.3 is 5.97 Å². The second-order valence-corrected chi connectivity index (χ2v) is 8.84. The zero-order chi connectivity index (χ0) is 22.8. The first kappa shape index (κ1) is 23.8. The Hall–Kier alpha value is -2.82. The molecule has 2 N–H and O–H groups in total. The van der Waals surface area contributed by atoms with Crippen LogP contribution in [-0.2, 0) is 17.8 Å². The number of ether oxygens (including phenoxy) is 1. The van der Waals surface area contributed by atoms with Gasteiger partial charge in [0.25, 0.3) is 5.91 Å². The standard InChI is InChI=1S/C27H35NO4/c1-2-3-8-20-13-15-22(16-14-20)19-32-24-12-7-11-23(18-24)26(29)28-25(27(30)31)17-21-9-5-4-6-10-21/h7,11-16,18,21,25H,2-6,8-10,17,19H2,1H3,(H,28,29)(H,30,31)/t25-/m0/s1. The van der Waals surface area contributed by atoms with E-state index in [1.807, 2.05) is 6.07 Å². The van der Waals surface area contributed by atoms with Crippen molar-refractivity contribution in [1.82, 2.24) is 5.32 Å². The Morgan fingerprint density at radius 3 is 2.47 bits per heavy atom. The lowest BCUT2D eigenvalue weighted by Gasteiger charge is -2.25. The topological polar surface area (TPSA) is 75.6 Å². The summed E-state index contributed by atoms with van der Waals surface area (Å²) in [6.45, 7) is 2.60. The number of carbonyl (C=O) groups excluding carboxylic acids is 1. The van der Waals surface area contributed by atoms with Gasteiger partial charge < -0.3 is 15.2 Å². The summed E-state index contributed by atoms with van der Waals surface area (Å²) in [5.74, 6) is -0.391. The number of carbonyl (C=O) groups is 2. The molecule has 0 radical (unpaired) electrons. The number of nitrogens with one attached hydrogen (secondary N) is 1. The highest BCUT2D eigenvalue weighted by atomic mass is 16.5. The highest BCUT2D eigenvalue weighted by molar-refractivity contribution is 5.96. The van der Waals surface area contributed by atoms with Crippen LogP contribution in [0.4, 0.5) is 0 Å². The number of aryl methyl sites for hydroxylation is 1. The second kappa shape index (κ2) is 12.3. The second-order valence-electron chi connectivity index (χ2n) is 8.84. The molecule has 0 aromatic heterocycles. The summed E-state index contributed by atoms with van der Waals surface area (Å²) < 4.78 is 5.88. The van der Waals surface area contributed by atoms with Crippen molar-refractivity contribution in [1.29, 1.82) is 0 Å². The lowest BCUT2D eigenvalue weighted by Crippen LogP contribution is -2.42. The van der Waals surface area contributed by atoms with Crippen LogP contribution in [0.2, 0.25) is 0 Å². The van der Waals surface area contributed by atoms with Crippen LogP contribution >= 0.6 is 0 Å². The fraction of sp³-hybridized carbons (Fsp3) is 0.481. The Labute approximate surface area is 191 Å². The Morgan fingerprint density at radius 1 is 1.06 bits per heavy atom. The molecule has 1 amide bonds. The van der Waals surface area contributed by atoms with Crippen LogP contribution in [0, 0.1) is 5.92 Å². The average Bonchev–Trinajstić information content (AvgIpc) is 2.82. The van der Waals surface area contributed by atoms with E-state index in [9.17, 15) is 14.7 Å². The normalized spacial score (nSPS) is 15.2. The van der Waals surface area contributed by atoms with Crippen LogP contribution in [0.3, 0.4) is 0 Å². The Balaban J connectivity index is 1.55. The van der Waals surface area contributed by atoms with E-state index < -0.39 is 12.0 Å². The molecule has 2 aromatic carbocycles. The summed E-state index contributed by atoms with van der Waals surface area (Å²) in [5, 5.41) is 12.3. The summed E-state index contributed by atoms with van der Waals surface area (Å²) in [4.78, 5) is 24.4. The van der Waals surface area contributed by atoms with Crippen LogP contribution in [0.25, 0.3) is 0 Å². The maximum absolute atomic E-state index is 12.7. The molecule has 1 saturated carbocycles. The smallest absolute Gasteiger partial charge is 0.326 e. The molecule has 0 bridgehead atoms. The Morgan fingerprint density at radius 2 is 1.78 bits per heavy atom. The number of aliphatic carboxylic acids is 1. The lowest BCUT2D eigenvalue weighted by molar-refractivity contribution is -0.139. The molecule has 5 nitrogen and oxygen atoms in total. The molecule has 32 heavy (non-hydrogen) atoms. The zero-order valence-electron chi connectivity index (χ0n) is 19.0. The molecule has 2 aromatic rings. The first-order valence-electron chi connectivity index (χ1n) is 11.9. The molecule has 1 atom stereocenters. The van der Waals surface area contributed by atoms with Crippen molar-refractivity contribution >= 4 is 11.9 Å². The van der Waals surface area contributed by atoms with Crippen molar-refractivity contribution in [3.05, 3.63) is 65.2 Å². The van der Waals surface area contributed by atoms with Gasteiger partial charge in [-0.3, -0.25) is 4.79 Å². The molecule has 0 unspecified atom stereocenters. The van der Waals surface area contributed by atoms with E-state index in [2.05, 4.69) is 36.5 Å². The molecule has 0 heterocycles. The molecule has 1 fully saturated rings. The summed E-state index contributed by atoms with van der Waals surface area (Å²) >= 11 is 0. The van der Waals surface area contributed by atoms with Crippen LogP contribution in [0.15, 0.2) is 48.5 Å². The third-order valence-corrected chi connectivity index (χ3v) is 6.24. The predicted molar refractivity (Wildman–Crippen MR) is 126 cm³/mol. The van der Waals surface area contributed by atoms with Gasteiger partial charge in [-0.05, 0) is 54.5 Å². The minimum Gasteiger partial charge on any atom is -0.489 e. The lowest BCUT2D eigenvalue weighted by atomic mass is 9.85. The van der Waals surface area contributed by atoms with Crippen molar-refractivity contribution in [2.75, 3.05) is 0 Å². The fourth-order valence-corrected chi connectivity index (χ4v) is 4.30. The summed E-state index contributed by atoms with van der Waals surface area (Å²) in [6, 6.07) is 14.5. The van der Waals surface area contributed by atoms with Gasteiger partial charge in [-0.1, -0.05) is 75.8 Å². The maximum atomic E-state index is 12.7. The quantitative estimate of drug-likeness (QED) is 0.468. The zero-order valence-corrected chi connectivity index (χ0v) is 19.0. The van der Waals surface area contributed by atoms with E-state index in [1.54, 1.807) is 18.2 Å². The van der Waals surface area contributed by atoms with Crippen molar-refractivity contribution in [2.24, 2.45) is 5.92 Å². The van der Waals surface area contributed by atoms with Gasteiger partial charge in [0.2, 0.25) is 0 Å².